The first-order valence-electron chi connectivity index (χ1n) is 11.2. The van der Waals surface area contributed by atoms with Crippen molar-refractivity contribution in [3.8, 4) is 11.4 Å². The SMILES string of the molecule is CCCS(=O)(=O)CC(=O)NCc1cc(F)ccc1COc1cc(C)n(-c2c(F)cccc2F)c(=O)c1Cl. The van der Waals surface area contributed by atoms with Crippen LogP contribution in [0.15, 0.2) is 47.3 Å². The van der Waals surface area contributed by atoms with Crippen LogP contribution in [0.4, 0.5) is 13.2 Å². The quantitative estimate of drug-likeness (QED) is 0.403. The van der Waals surface area contributed by atoms with Gasteiger partial charge in [-0.25, -0.2) is 21.6 Å². The van der Waals surface area contributed by atoms with Crippen LogP contribution in [-0.2, 0) is 27.8 Å². The minimum Gasteiger partial charge on any atom is -0.487 e. The molecule has 0 unspecified atom stereocenters. The third-order valence-corrected chi connectivity index (χ3v) is 7.43. The van der Waals surface area contributed by atoms with E-state index in [2.05, 4.69) is 5.32 Å². The number of ether oxygens (including phenoxy) is 1. The van der Waals surface area contributed by atoms with Crippen LogP contribution in [0.2, 0.25) is 5.02 Å². The van der Waals surface area contributed by atoms with Gasteiger partial charge in [0.05, 0.1) is 5.75 Å². The number of para-hydroxylation sites is 1. The Morgan fingerprint density at radius 1 is 1.08 bits per heavy atom. The fraction of sp³-hybridized carbons (Fsp3) is 0.280. The van der Waals surface area contributed by atoms with Gasteiger partial charge >= 0.3 is 0 Å². The summed E-state index contributed by atoms with van der Waals surface area (Å²) in [6, 6.07) is 8.25. The van der Waals surface area contributed by atoms with E-state index < -0.39 is 55.2 Å². The van der Waals surface area contributed by atoms with Crippen molar-refractivity contribution in [1.29, 1.82) is 0 Å². The van der Waals surface area contributed by atoms with Crippen LogP contribution in [0.3, 0.4) is 0 Å². The van der Waals surface area contributed by atoms with Crippen molar-refractivity contribution in [3.05, 3.63) is 92.1 Å². The zero-order chi connectivity index (χ0) is 27.3. The summed E-state index contributed by atoms with van der Waals surface area (Å²) in [4.78, 5) is 24.9. The normalized spacial score (nSPS) is 11.4. The third-order valence-electron chi connectivity index (χ3n) is 5.35. The van der Waals surface area contributed by atoms with E-state index in [1.54, 1.807) is 6.92 Å². The lowest BCUT2D eigenvalue weighted by atomic mass is 10.1. The predicted octanol–water partition coefficient (Wildman–Crippen LogP) is 4.24. The number of nitrogens with one attached hydrogen (secondary N) is 1. The maximum absolute atomic E-state index is 14.3. The van der Waals surface area contributed by atoms with Crippen molar-refractivity contribution in [2.75, 3.05) is 11.5 Å². The number of aryl methyl sites for hydroxylation is 1. The molecule has 198 valence electrons. The number of nitrogens with zero attached hydrogens (tertiary/aromatic N) is 1. The average molecular weight is 557 g/mol. The number of carbonyl (C=O) groups is 1. The Morgan fingerprint density at radius 3 is 2.41 bits per heavy atom. The van der Waals surface area contributed by atoms with Crippen molar-refractivity contribution in [2.24, 2.45) is 0 Å². The van der Waals surface area contributed by atoms with E-state index in [-0.39, 0.29) is 30.3 Å². The van der Waals surface area contributed by atoms with Crippen LogP contribution in [0.25, 0.3) is 5.69 Å². The lowest BCUT2D eigenvalue weighted by Gasteiger charge is -2.16. The smallest absolute Gasteiger partial charge is 0.278 e. The van der Waals surface area contributed by atoms with Crippen molar-refractivity contribution < 1.29 is 31.1 Å². The molecule has 1 heterocycles. The van der Waals surface area contributed by atoms with Gasteiger partial charge in [-0.2, -0.15) is 0 Å². The number of sulfone groups is 1. The standard InChI is InChI=1S/C25H24ClF3N2O5S/c1-3-9-37(34,35)14-22(32)30-12-17-11-18(27)8-7-16(17)13-36-21-10-15(2)31(25(33)23(21)26)24-19(28)5-4-6-20(24)29/h4-8,10-11H,3,9,12-14H2,1-2H3,(H,30,32). The number of benzene rings is 2. The number of carbonyl (C=O) groups excluding carboxylic acids is 1. The molecule has 0 saturated heterocycles. The Kier molecular flexibility index (Phi) is 9.03. The lowest BCUT2D eigenvalue weighted by Crippen LogP contribution is -2.31. The molecule has 0 aliphatic heterocycles. The molecule has 1 N–H and O–H groups in total. The monoisotopic (exact) mass is 556 g/mol. The van der Waals surface area contributed by atoms with Crippen LogP contribution >= 0.6 is 11.6 Å². The van der Waals surface area contributed by atoms with E-state index in [1.165, 1.54) is 31.2 Å². The van der Waals surface area contributed by atoms with Crippen molar-refractivity contribution in [1.82, 2.24) is 9.88 Å². The van der Waals surface area contributed by atoms with Gasteiger partial charge in [0.15, 0.2) is 9.84 Å². The molecule has 1 amide bonds. The fourth-order valence-corrected chi connectivity index (χ4v) is 5.11. The van der Waals surface area contributed by atoms with Gasteiger partial charge in [-0.05, 0) is 48.7 Å². The van der Waals surface area contributed by atoms with Crippen LogP contribution in [0, 0.1) is 24.4 Å². The second kappa shape index (κ2) is 11.8. The summed E-state index contributed by atoms with van der Waals surface area (Å²) in [5.74, 6) is -4.09. The van der Waals surface area contributed by atoms with Gasteiger partial charge in [0.2, 0.25) is 5.91 Å². The minimum absolute atomic E-state index is 0.0675. The van der Waals surface area contributed by atoms with Gasteiger partial charge in [-0.3, -0.25) is 14.2 Å². The molecule has 0 aliphatic rings. The molecule has 3 aromatic rings. The third kappa shape index (κ3) is 6.92. The molecule has 0 aliphatic carbocycles. The highest BCUT2D eigenvalue weighted by Crippen LogP contribution is 2.27. The molecule has 0 atom stereocenters. The zero-order valence-corrected chi connectivity index (χ0v) is 21.6. The maximum Gasteiger partial charge on any atom is 0.278 e. The lowest BCUT2D eigenvalue weighted by molar-refractivity contribution is -0.118. The highest BCUT2D eigenvalue weighted by molar-refractivity contribution is 7.92. The number of rotatable bonds is 10. The second-order valence-electron chi connectivity index (χ2n) is 8.25. The van der Waals surface area contributed by atoms with Gasteiger partial charge < -0.3 is 10.1 Å². The van der Waals surface area contributed by atoms with Gasteiger partial charge in [0.25, 0.3) is 5.56 Å². The molecule has 7 nitrogen and oxygen atoms in total. The largest absolute Gasteiger partial charge is 0.487 e. The van der Waals surface area contributed by atoms with E-state index in [0.29, 0.717) is 17.5 Å². The molecule has 0 bridgehead atoms. The topological polar surface area (TPSA) is 94.5 Å². The Hall–Kier alpha value is -3.31. The van der Waals surface area contributed by atoms with Crippen LogP contribution in [0.1, 0.15) is 30.2 Å². The maximum atomic E-state index is 14.3. The molecule has 0 saturated carbocycles. The van der Waals surface area contributed by atoms with E-state index in [9.17, 15) is 31.2 Å². The number of hydrogen-bond acceptors (Lipinski definition) is 5. The van der Waals surface area contributed by atoms with Crippen LogP contribution in [0.5, 0.6) is 5.75 Å². The molecule has 1 aromatic heterocycles. The number of amides is 1. The highest BCUT2D eigenvalue weighted by atomic mass is 35.5. The summed E-state index contributed by atoms with van der Waals surface area (Å²) in [5, 5.41) is 2.03. The summed E-state index contributed by atoms with van der Waals surface area (Å²) in [6.45, 7) is 2.76. The molecule has 0 fully saturated rings. The minimum atomic E-state index is -3.55. The molecular formula is C25H24ClF3N2O5S. The number of hydrogen-bond donors (Lipinski definition) is 1. The summed E-state index contributed by atoms with van der Waals surface area (Å²) >= 11 is 6.17. The molecule has 0 radical (unpaired) electrons. The first-order valence-corrected chi connectivity index (χ1v) is 13.4. The predicted molar refractivity (Wildman–Crippen MR) is 133 cm³/mol. The van der Waals surface area contributed by atoms with Crippen molar-refractivity contribution in [3.63, 3.8) is 0 Å². The van der Waals surface area contributed by atoms with E-state index in [4.69, 9.17) is 16.3 Å². The molecule has 3 rings (SSSR count). The van der Waals surface area contributed by atoms with Crippen molar-refractivity contribution >= 4 is 27.3 Å². The van der Waals surface area contributed by atoms with Gasteiger partial charge in [0.1, 0.15) is 46.3 Å². The summed E-state index contributed by atoms with van der Waals surface area (Å²) < 4.78 is 72.6. The summed E-state index contributed by atoms with van der Waals surface area (Å²) in [6.07, 6.45) is 0.378. The number of pyridine rings is 1. The van der Waals surface area contributed by atoms with Gasteiger partial charge in [-0.1, -0.05) is 30.7 Å². The molecular weight excluding hydrogens is 533 g/mol. The summed E-state index contributed by atoms with van der Waals surface area (Å²) in [5.41, 5.74) is -0.586. The number of halogens is 4. The molecule has 0 spiro atoms. The molecule has 12 heteroatoms. The van der Waals surface area contributed by atoms with Crippen LogP contribution in [-0.4, -0.2) is 30.4 Å². The first-order chi connectivity index (χ1) is 17.4. The Balaban J connectivity index is 1.81. The van der Waals surface area contributed by atoms with Crippen LogP contribution < -0.4 is 15.6 Å². The Labute approximate surface area is 216 Å². The average Bonchev–Trinajstić information content (AvgIpc) is 2.81. The molecule has 37 heavy (non-hydrogen) atoms. The van der Waals surface area contributed by atoms with Gasteiger partial charge in [-0.15, -0.1) is 0 Å². The van der Waals surface area contributed by atoms with E-state index in [1.807, 2.05) is 0 Å². The number of aromatic nitrogens is 1. The van der Waals surface area contributed by atoms with E-state index in [0.717, 1.165) is 22.8 Å². The Bertz CT molecular complexity index is 1470. The second-order valence-corrected chi connectivity index (χ2v) is 10.8. The fourth-order valence-electron chi connectivity index (χ4n) is 3.65. The first kappa shape index (κ1) is 28.3. The molecule has 2 aromatic carbocycles. The Morgan fingerprint density at radius 2 is 1.76 bits per heavy atom. The highest BCUT2D eigenvalue weighted by Gasteiger charge is 2.20. The summed E-state index contributed by atoms with van der Waals surface area (Å²) in [7, 11) is -3.55. The van der Waals surface area contributed by atoms with Gasteiger partial charge in [0, 0.05) is 18.3 Å². The van der Waals surface area contributed by atoms with E-state index >= 15 is 0 Å². The zero-order valence-electron chi connectivity index (χ0n) is 20.0. The van der Waals surface area contributed by atoms with Crippen molar-refractivity contribution in [2.45, 2.75) is 33.4 Å².